The van der Waals surface area contributed by atoms with Gasteiger partial charge in [-0.15, -0.1) is 29.1 Å². The molecule has 0 aliphatic rings. The van der Waals surface area contributed by atoms with Crippen LogP contribution in [0, 0.1) is 16.9 Å². The molecule has 0 spiro atoms. The molecule has 0 aliphatic heterocycles. The smallest absolute Gasteiger partial charge is 0.164 e. The number of ketones is 1. The molecule has 6 aromatic rings. The van der Waals surface area contributed by atoms with E-state index in [9.17, 15) is 9.90 Å². The van der Waals surface area contributed by atoms with Gasteiger partial charge in [0.1, 0.15) is 22.6 Å². The summed E-state index contributed by atoms with van der Waals surface area (Å²) in [5.41, 5.74) is 4.78. The van der Waals surface area contributed by atoms with Crippen molar-refractivity contribution in [3.63, 3.8) is 0 Å². The Labute approximate surface area is 309 Å². The standard InChI is InChI=1S/C28H21N2O2.C15H28O2.Ir/c1-28(2,3)22-15-18(14-17-6-4-5-7-19(17)22)26-21-16-25(32-24(21)9-12-29-26)27-20-10-13-31-23(20)8-11-30-27;1-7-14(5,8-2)12(16)11-13(17)15(6,9-3)10-4;/h4-13,15-16H,1-3H3;11,16H,7-10H2,1-6H3;/q-1;;/b;12-11-;. The maximum atomic E-state index is 12.2. The first-order valence-electron chi connectivity index (χ1n) is 17.4. The molecule has 50 heavy (non-hydrogen) atoms. The van der Waals surface area contributed by atoms with Crippen LogP contribution in [0.2, 0.25) is 0 Å². The Morgan fingerprint density at radius 1 is 0.780 bits per heavy atom. The summed E-state index contributed by atoms with van der Waals surface area (Å²) < 4.78 is 11.8. The van der Waals surface area contributed by atoms with Crippen molar-refractivity contribution in [2.45, 2.75) is 93.4 Å². The molecule has 4 aromatic heterocycles. The molecule has 6 nitrogen and oxygen atoms in total. The van der Waals surface area contributed by atoms with Crippen molar-refractivity contribution >= 4 is 38.5 Å². The fraction of sp³-hybridized carbons (Fsp3) is 0.372. The number of fused-ring (bicyclic) bond motifs is 3. The van der Waals surface area contributed by atoms with Crippen LogP contribution in [0.4, 0.5) is 0 Å². The molecule has 2 aromatic carbocycles. The molecular weight excluding hydrogens is 801 g/mol. The number of aliphatic hydroxyl groups is 1. The molecule has 0 atom stereocenters. The molecule has 0 aliphatic carbocycles. The number of carbonyl (C=O) groups excluding carboxylic acids is 1. The van der Waals surface area contributed by atoms with Gasteiger partial charge in [0.25, 0.3) is 0 Å². The SMILES string of the molecule is CC(C)(C)c1cc(-c2nccc3oc(-c4nccc5occc45)cc23)[c-]c2ccccc12.CCC(C)(CC)C(=O)/C=C(\O)C(C)(CC)CC.[Ir]. The predicted molar refractivity (Wildman–Crippen MR) is 201 cm³/mol. The minimum Gasteiger partial charge on any atom is -0.512 e. The molecule has 0 amide bonds. The molecule has 1 radical (unpaired) electrons. The number of hydrogen-bond acceptors (Lipinski definition) is 6. The molecule has 1 N–H and O–H groups in total. The van der Waals surface area contributed by atoms with Gasteiger partial charge in [-0.1, -0.05) is 91.5 Å². The van der Waals surface area contributed by atoms with E-state index in [-0.39, 0.29) is 47.9 Å². The van der Waals surface area contributed by atoms with Crippen molar-refractivity contribution in [3.8, 4) is 22.7 Å². The Bertz CT molecular complexity index is 2120. The Balaban J connectivity index is 0.000000269. The number of furan rings is 2. The van der Waals surface area contributed by atoms with Crippen molar-refractivity contribution in [2.75, 3.05) is 0 Å². The number of nitrogens with zero attached hydrogens (tertiary/aromatic N) is 2. The van der Waals surface area contributed by atoms with E-state index in [4.69, 9.17) is 13.8 Å². The third-order valence-corrected chi connectivity index (χ3v) is 10.5. The number of benzene rings is 2. The van der Waals surface area contributed by atoms with Crippen LogP contribution in [-0.4, -0.2) is 20.9 Å². The predicted octanol–water partition coefficient (Wildman–Crippen LogP) is 12.2. The largest absolute Gasteiger partial charge is 0.512 e. The maximum Gasteiger partial charge on any atom is 0.164 e. The number of carbonyl (C=O) groups is 1. The van der Waals surface area contributed by atoms with Gasteiger partial charge in [-0.05, 0) is 55.4 Å². The van der Waals surface area contributed by atoms with E-state index in [2.05, 4.69) is 62.2 Å². The second-order valence-electron chi connectivity index (χ2n) is 14.5. The van der Waals surface area contributed by atoms with Gasteiger partial charge in [-0.2, -0.15) is 0 Å². The first-order valence-corrected chi connectivity index (χ1v) is 17.4. The van der Waals surface area contributed by atoms with Gasteiger partial charge in [0, 0.05) is 65.9 Å². The van der Waals surface area contributed by atoms with E-state index >= 15 is 0 Å². The van der Waals surface area contributed by atoms with Gasteiger partial charge in [0.15, 0.2) is 11.5 Å². The summed E-state index contributed by atoms with van der Waals surface area (Å²) in [7, 11) is 0. The van der Waals surface area contributed by atoms with E-state index < -0.39 is 0 Å². The average Bonchev–Trinajstić information content (AvgIpc) is 3.78. The van der Waals surface area contributed by atoms with Crippen LogP contribution in [-0.2, 0) is 30.3 Å². The second kappa shape index (κ2) is 15.4. The van der Waals surface area contributed by atoms with Crippen LogP contribution >= 0.6 is 0 Å². The zero-order valence-corrected chi connectivity index (χ0v) is 33.1. The molecule has 0 saturated carbocycles. The molecule has 6 rings (SSSR count). The number of aliphatic hydroxyl groups excluding tert-OH is 1. The zero-order chi connectivity index (χ0) is 35.6. The molecule has 265 valence electrons. The molecule has 0 unspecified atom stereocenters. The van der Waals surface area contributed by atoms with Gasteiger partial charge >= 0.3 is 0 Å². The van der Waals surface area contributed by atoms with Crippen molar-refractivity contribution in [1.29, 1.82) is 0 Å². The monoisotopic (exact) mass is 850 g/mol. The van der Waals surface area contributed by atoms with Crippen LogP contribution < -0.4 is 0 Å². The topological polar surface area (TPSA) is 89.4 Å². The molecule has 7 heteroatoms. The zero-order valence-electron chi connectivity index (χ0n) is 30.7. The minimum absolute atomic E-state index is 0. The van der Waals surface area contributed by atoms with E-state index in [1.807, 2.05) is 65.8 Å². The Morgan fingerprint density at radius 3 is 2.04 bits per heavy atom. The van der Waals surface area contributed by atoms with E-state index in [1.165, 1.54) is 17.0 Å². The molecule has 0 fully saturated rings. The fourth-order valence-electron chi connectivity index (χ4n) is 6.05. The van der Waals surface area contributed by atoms with Crippen LogP contribution in [0.25, 0.3) is 55.4 Å². The Kier molecular flexibility index (Phi) is 12.0. The number of allylic oxidation sites excluding steroid dienone is 2. The number of pyridine rings is 2. The summed E-state index contributed by atoms with van der Waals surface area (Å²) in [5.74, 6) is 0.979. The molecule has 0 bridgehead atoms. The third kappa shape index (κ3) is 7.65. The number of rotatable bonds is 9. The van der Waals surface area contributed by atoms with Gasteiger partial charge in [0.2, 0.25) is 0 Å². The number of hydrogen-bond donors (Lipinski definition) is 1. The fourth-order valence-corrected chi connectivity index (χ4v) is 6.05. The Hall–Kier alpha value is -4.06. The summed E-state index contributed by atoms with van der Waals surface area (Å²) in [6.45, 7) is 18.8. The minimum atomic E-state index is -0.337. The second-order valence-corrected chi connectivity index (χ2v) is 14.5. The maximum absolute atomic E-state index is 12.2. The van der Waals surface area contributed by atoms with Crippen molar-refractivity contribution in [2.24, 2.45) is 10.8 Å². The van der Waals surface area contributed by atoms with Crippen molar-refractivity contribution < 1.29 is 38.8 Å². The van der Waals surface area contributed by atoms with Crippen molar-refractivity contribution in [3.05, 3.63) is 96.7 Å². The summed E-state index contributed by atoms with van der Waals surface area (Å²) >= 11 is 0. The van der Waals surface area contributed by atoms with Crippen LogP contribution in [0.5, 0.6) is 0 Å². The van der Waals surface area contributed by atoms with Gasteiger partial charge < -0.3 is 13.9 Å². The van der Waals surface area contributed by atoms with Crippen LogP contribution in [0.3, 0.4) is 0 Å². The van der Waals surface area contributed by atoms with Crippen molar-refractivity contribution in [1.82, 2.24) is 9.97 Å². The first-order chi connectivity index (χ1) is 23.3. The molecular formula is C43H49IrN2O4-. The van der Waals surface area contributed by atoms with E-state index in [0.717, 1.165) is 70.0 Å². The summed E-state index contributed by atoms with van der Waals surface area (Å²) in [6, 6.07) is 21.9. The van der Waals surface area contributed by atoms with E-state index in [0.29, 0.717) is 5.76 Å². The quantitative estimate of drug-likeness (QED) is 0.0885. The average molecular weight is 850 g/mol. The summed E-state index contributed by atoms with van der Waals surface area (Å²) in [5, 5.41) is 14.3. The Morgan fingerprint density at radius 2 is 1.40 bits per heavy atom. The summed E-state index contributed by atoms with van der Waals surface area (Å²) in [4.78, 5) is 21.5. The third-order valence-electron chi connectivity index (χ3n) is 10.5. The molecule has 4 heterocycles. The van der Waals surface area contributed by atoms with Gasteiger partial charge in [-0.25, -0.2) is 0 Å². The van der Waals surface area contributed by atoms with Crippen LogP contribution in [0.1, 0.15) is 93.6 Å². The van der Waals surface area contributed by atoms with E-state index in [1.54, 1.807) is 18.7 Å². The van der Waals surface area contributed by atoms with Gasteiger partial charge in [0.05, 0.1) is 6.26 Å². The number of aromatic nitrogens is 2. The first kappa shape index (κ1) is 38.7. The van der Waals surface area contributed by atoms with Crippen LogP contribution in [0.15, 0.2) is 93.9 Å². The molecule has 0 saturated heterocycles. The summed E-state index contributed by atoms with van der Waals surface area (Å²) in [6.07, 6.45) is 9.95. The van der Waals surface area contributed by atoms with Gasteiger partial charge in [-0.3, -0.25) is 14.8 Å². The normalized spacial score (nSPS) is 12.5.